The number of carbonyl (C=O) groups excluding carboxylic acids is 1. The van der Waals surface area contributed by atoms with Crippen molar-refractivity contribution < 1.29 is 17.9 Å². The van der Waals surface area contributed by atoms with E-state index in [2.05, 4.69) is 10.2 Å². The van der Waals surface area contributed by atoms with Gasteiger partial charge in [0, 0.05) is 25.7 Å². The number of ether oxygens (including phenoxy) is 1. The number of hydrogen-bond donors (Lipinski definition) is 1. The summed E-state index contributed by atoms with van der Waals surface area (Å²) in [5, 5.41) is 2.93. The SMILES string of the molecule is CN(c1ccccc1)S(=O)(=O)c1cccc(C(=O)Nc2ccccc2N2CCOCC2)c1. The summed E-state index contributed by atoms with van der Waals surface area (Å²) in [6.45, 7) is 2.76. The van der Waals surface area contributed by atoms with Gasteiger partial charge in [0.15, 0.2) is 0 Å². The number of rotatable bonds is 6. The van der Waals surface area contributed by atoms with E-state index in [1.807, 2.05) is 30.3 Å². The molecule has 1 fully saturated rings. The number of para-hydroxylation sites is 3. The van der Waals surface area contributed by atoms with E-state index in [0.29, 0.717) is 24.6 Å². The zero-order valence-corrected chi connectivity index (χ0v) is 18.6. The molecule has 3 aromatic carbocycles. The fourth-order valence-electron chi connectivity index (χ4n) is 3.59. The maximum absolute atomic E-state index is 13.1. The lowest BCUT2D eigenvalue weighted by atomic mass is 10.2. The molecular formula is C24H25N3O4S. The smallest absolute Gasteiger partial charge is 0.264 e. The summed E-state index contributed by atoms with van der Waals surface area (Å²) >= 11 is 0. The molecule has 1 aliphatic heterocycles. The zero-order valence-electron chi connectivity index (χ0n) is 17.8. The number of nitrogens with zero attached hydrogens (tertiary/aromatic N) is 2. The molecule has 0 aromatic heterocycles. The molecule has 1 saturated heterocycles. The highest BCUT2D eigenvalue weighted by Gasteiger charge is 2.23. The van der Waals surface area contributed by atoms with Crippen LogP contribution in [-0.2, 0) is 14.8 Å². The third kappa shape index (κ3) is 4.61. The Morgan fingerprint density at radius 1 is 0.938 bits per heavy atom. The number of benzene rings is 3. The molecule has 1 N–H and O–H groups in total. The fourth-order valence-corrected chi connectivity index (χ4v) is 4.83. The average Bonchev–Trinajstić information content (AvgIpc) is 2.85. The second kappa shape index (κ2) is 9.42. The van der Waals surface area contributed by atoms with Gasteiger partial charge < -0.3 is 15.0 Å². The Hall–Kier alpha value is -3.36. The molecule has 3 aromatic rings. The van der Waals surface area contributed by atoms with E-state index in [1.54, 1.807) is 36.4 Å². The molecule has 8 heteroatoms. The summed E-state index contributed by atoms with van der Waals surface area (Å²) in [4.78, 5) is 15.2. The van der Waals surface area contributed by atoms with E-state index in [1.165, 1.54) is 23.5 Å². The molecule has 4 rings (SSSR count). The Morgan fingerprint density at radius 3 is 2.38 bits per heavy atom. The van der Waals surface area contributed by atoms with Crippen LogP contribution in [0.4, 0.5) is 17.1 Å². The normalized spacial score (nSPS) is 14.1. The molecule has 32 heavy (non-hydrogen) atoms. The molecule has 0 bridgehead atoms. The van der Waals surface area contributed by atoms with Crippen LogP contribution in [0.25, 0.3) is 0 Å². The molecule has 0 unspecified atom stereocenters. The first-order valence-electron chi connectivity index (χ1n) is 10.3. The van der Waals surface area contributed by atoms with Crippen LogP contribution in [0.2, 0.25) is 0 Å². The van der Waals surface area contributed by atoms with Crippen molar-refractivity contribution in [3.8, 4) is 0 Å². The summed E-state index contributed by atoms with van der Waals surface area (Å²) < 4.78 is 32.8. The monoisotopic (exact) mass is 451 g/mol. The Kier molecular flexibility index (Phi) is 6.43. The number of nitrogens with one attached hydrogen (secondary N) is 1. The average molecular weight is 452 g/mol. The predicted octanol–water partition coefficient (Wildman–Crippen LogP) is 3.60. The van der Waals surface area contributed by atoms with Crippen LogP contribution >= 0.6 is 0 Å². The third-order valence-electron chi connectivity index (χ3n) is 5.38. The van der Waals surface area contributed by atoms with Crippen LogP contribution in [0.1, 0.15) is 10.4 Å². The lowest BCUT2D eigenvalue weighted by molar-refractivity contribution is 0.102. The molecule has 0 aliphatic carbocycles. The first kappa shape index (κ1) is 21.9. The van der Waals surface area contributed by atoms with Crippen LogP contribution < -0.4 is 14.5 Å². The Labute approximate surface area is 188 Å². The standard InChI is InChI=1S/C24H25N3O4S/c1-26(20-9-3-2-4-10-20)32(29,30)21-11-7-8-19(18-21)24(28)25-22-12-5-6-13-23(22)27-14-16-31-17-15-27/h2-13,18H,14-17H2,1H3,(H,25,28). The van der Waals surface area contributed by atoms with Gasteiger partial charge in [-0.25, -0.2) is 8.42 Å². The zero-order chi connectivity index (χ0) is 22.6. The van der Waals surface area contributed by atoms with Gasteiger partial charge in [-0.1, -0.05) is 36.4 Å². The minimum absolute atomic E-state index is 0.0537. The number of carbonyl (C=O) groups is 1. The molecular weight excluding hydrogens is 426 g/mol. The quantitative estimate of drug-likeness (QED) is 0.620. The molecule has 166 valence electrons. The van der Waals surface area contributed by atoms with Crippen molar-refractivity contribution in [3.63, 3.8) is 0 Å². The first-order chi connectivity index (χ1) is 15.5. The van der Waals surface area contributed by atoms with Crippen molar-refractivity contribution in [1.82, 2.24) is 0 Å². The van der Waals surface area contributed by atoms with Gasteiger partial charge >= 0.3 is 0 Å². The van der Waals surface area contributed by atoms with Gasteiger partial charge in [0.05, 0.1) is 35.2 Å². The minimum Gasteiger partial charge on any atom is -0.378 e. The van der Waals surface area contributed by atoms with E-state index in [0.717, 1.165) is 18.8 Å². The summed E-state index contributed by atoms with van der Waals surface area (Å²) in [6.07, 6.45) is 0. The molecule has 7 nitrogen and oxygen atoms in total. The van der Waals surface area contributed by atoms with E-state index in [-0.39, 0.29) is 16.4 Å². The molecule has 0 spiro atoms. The van der Waals surface area contributed by atoms with Crippen LogP contribution in [0.5, 0.6) is 0 Å². The minimum atomic E-state index is -3.81. The molecule has 0 saturated carbocycles. The van der Waals surface area contributed by atoms with Crippen molar-refractivity contribution in [3.05, 3.63) is 84.4 Å². The predicted molar refractivity (Wildman–Crippen MR) is 126 cm³/mol. The molecule has 1 heterocycles. The van der Waals surface area contributed by atoms with Crippen molar-refractivity contribution in [2.75, 3.05) is 47.9 Å². The van der Waals surface area contributed by atoms with E-state index < -0.39 is 10.0 Å². The highest BCUT2D eigenvalue weighted by Crippen LogP contribution is 2.27. The summed E-state index contributed by atoms with van der Waals surface area (Å²) in [6, 6.07) is 22.5. The van der Waals surface area contributed by atoms with Gasteiger partial charge in [0.2, 0.25) is 0 Å². The van der Waals surface area contributed by atoms with Crippen LogP contribution in [0.15, 0.2) is 83.8 Å². The maximum atomic E-state index is 13.1. The number of anilines is 3. The molecule has 0 radical (unpaired) electrons. The number of morpholine rings is 1. The van der Waals surface area contributed by atoms with Crippen molar-refractivity contribution in [2.24, 2.45) is 0 Å². The lowest BCUT2D eigenvalue weighted by Crippen LogP contribution is -2.36. The van der Waals surface area contributed by atoms with Gasteiger partial charge in [-0.05, 0) is 42.5 Å². The first-order valence-corrected chi connectivity index (χ1v) is 11.8. The summed E-state index contributed by atoms with van der Waals surface area (Å²) in [5.74, 6) is -0.370. The number of amides is 1. The van der Waals surface area contributed by atoms with E-state index in [4.69, 9.17) is 4.74 Å². The van der Waals surface area contributed by atoms with E-state index in [9.17, 15) is 13.2 Å². The van der Waals surface area contributed by atoms with Gasteiger partial charge in [0.25, 0.3) is 15.9 Å². The summed E-state index contributed by atoms with van der Waals surface area (Å²) in [5.41, 5.74) is 2.40. The van der Waals surface area contributed by atoms with E-state index >= 15 is 0 Å². The second-order valence-electron chi connectivity index (χ2n) is 7.41. The third-order valence-corrected chi connectivity index (χ3v) is 7.16. The summed E-state index contributed by atoms with van der Waals surface area (Å²) in [7, 11) is -2.32. The van der Waals surface area contributed by atoms with Crippen molar-refractivity contribution >= 4 is 33.0 Å². The Morgan fingerprint density at radius 2 is 1.62 bits per heavy atom. The Balaban J connectivity index is 1.57. The van der Waals surface area contributed by atoms with Crippen LogP contribution in [0.3, 0.4) is 0 Å². The van der Waals surface area contributed by atoms with Gasteiger partial charge in [-0.3, -0.25) is 9.10 Å². The van der Waals surface area contributed by atoms with Crippen molar-refractivity contribution in [2.45, 2.75) is 4.90 Å². The highest BCUT2D eigenvalue weighted by atomic mass is 32.2. The van der Waals surface area contributed by atoms with Crippen molar-refractivity contribution in [1.29, 1.82) is 0 Å². The van der Waals surface area contributed by atoms with Gasteiger partial charge in [-0.15, -0.1) is 0 Å². The largest absolute Gasteiger partial charge is 0.378 e. The van der Waals surface area contributed by atoms with Crippen LogP contribution in [-0.4, -0.2) is 47.7 Å². The topological polar surface area (TPSA) is 79.0 Å². The molecule has 0 atom stereocenters. The van der Waals surface area contributed by atoms with Gasteiger partial charge in [0.1, 0.15) is 0 Å². The maximum Gasteiger partial charge on any atom is 0.264 e. The van der Waals surface area contributed by atoms with Gasteiger partial charge in [-0.2, -0.15) is 0 Å². The highest BCUT2D eigenvalue weighted by molar-refractivity contribution is 7.92. The number of sulfonamides is 1. The molecule has 1 aliphatic rings. The van der Waals surface area contributed by atoms with Crippen LogP contribution in [0, 0.1) is 0 Å². The number of hydrogen-bond acceptors (Lipinski definition) is 5. The fraction of sp³-hybridized carbons (Fsp3) is 0.208. The molecule has 1 amide bonds. The lowest BCUT2D eigenvalue weighted by Gasteiger charge is -2.30. The Bertz CT molecular complexity index is 1190. The second-order valence-corrected chi connectivity index (χ2v) is 9.38.